The number of hydrogen-bond acceptors (Lipinski definition) is 4. The number of rotatable bonds is 7. The fourth-order valence-electron chi connectivity index (χ4n) is 2.53. The molecule has 0 saturated carbocycles. The van der Waals surface area contributed by atoms with Gasteiger partial charge in [-0.15, -0.1) is 0 Å². The molecule has 25 heavy (non-hydrogen) atoms. The first-order chi connectivity index (χ1) is 12.1. The minimum absolute atomic E-state index is 0.128. The lowest BCUT2D eigenvalue weighted by Crippen LogP contribution is -2.11. The van der Waals surface area contributed by atoms with E-state index in [1.54, 1.807) is 28.8 Å². The highest BCUT2D eigenvalue weighted by atomic mass is 19.1. The van der Waals surface area contributed by atoms with Gasteiger partial charge in [0.2, 0.25) is 0 Å². The molecule has 0 amide bonds. The molecule has 0 fully saturated rings. The Morgan fingerprint density at radius 1 is 1.32 bits per heavy atom. The third-order valence-electron chi connectivity index (χ3n) is 3.77. The molecule has 8 heteroatoms. The molecule has 3 aromatic rings. The predicted octanol–water partition coefficient (Wildman–Crippen LogP) is 2.00. The highest BCUT2D eigenvalue weighted by molar-refractivity contribution is 6.36. The predicted molar refractivity (Wildman–Crippen MR) is 93.7 cm³/mol. The van der Waals surface area contributed by atoms with Gasteiger partial charge in [0.1, 0.15) is 19.5 Å². The first kappa shape index (κ1) is 16.9. The molecular weight excluding hydrogens is 322 g/mol. The fourth-order valence-corrected chi connectivity index (χ4v) is 2.53. The Morgan fingerprint density at radius 3 is 2.88 bits per heavy atom. The van der Waals surface area contributed by atoms with Gasteiger partial charge in [0.25, 0.3) is 0 Å². The lowest BCUT2D eigenvalue weighted by molar-refractivity contribution is -0.137. The van der Waals surface area contributed by atoms with Gasteiger partial charge in [-0.1, -0.05) is 12.1 Å². The zero-order valence-electron chi connectivity index (χ0n) is 13.4. The lowest BCUT2D eigenvalue weighted by Gasteiger charge is -2.11. The number of aliphatic carboxylic acids is 1. The smallest absolute Gasteiger partial charge is 0.303 e. The van der Waals surface area contributed by atoms with Crippen LogP contribution in [0.3, 0.4) is 0 Å². The van der Waals surface area contributed by atoms with Crippen LogP contribution in [0.4, 0.5) is 10.2 Å². The molecule has 2 N–H and O–H groups in total. The van der Waals surface area contributed by atoms with Crippen molar-refractivity contribution < 1.29 is 14.3 Å². The van der Waals surface area contributed by atoms with Crippen LogP contribution in [-0.2, 0) is 4.79 Å². The molecule has 2 heterocycles. The topological polar surface area (TPSA) is 79.5 Å². The van der Waals surface area contributed by atoms with E-state index >= 15 is 0 Å². The number of carboxylic acids is 1. The number of carbonyl (C=O) groups is 1. The van der Waals surface area contributed by atoms with Crippen LogP contribution in [0.5, 0.6) is 0 Å². The van der Waals surface area contributed by atoms with Gasteiger partial charge in [-0.2, -0.15) is 9.61 Å². The molecule has 0 saturated heterocycles. The Bertz CT molecular complexity index is 913. The molecule has 3 rings (SSSR count). The molecule has 0 spiro atoms. The second kappa shape index (κ2) is 7.33. The summed E-state index contributed by atoms with van der Waals surface area (Å²) in [5.41, 5.74) is 1.66. The second-order valence-electron chi connectivity index (χ2n) is 5.62. The Morgan fingerprint density at radius 2 is 2.12 bits per heavy atom. The van der Waals surface area contributed by atoms with Crippen LogP contribution in [0, 0.1) is 5.82 Å². The van der Waals surface area contributed by atoms with Crippen LogP contribution < -0.4 is 10.8 Å². The van der Waals surface area contributed by atoms with Gasteiger partial charge in [-0.3, -0.25) is 4.79 Å². The second-order valence-corrected chi connectivity index (χ2v) is 5.62. The molecule has 1 aromatic carbocycles. The van der Waals surface area contributed by atoms with E-state index in [2.05, 4.69) is 15.4 Å². The number of aromatic nitrogens is 3. The molecule has 0 aliphatic heterocycles. The van der Waals surface area contributed by atoms with Crippen molar-refractivity contribution in [2.24, 2.45) is 0 Å². The third-order valence-corrected chi connectivity index (χ3v) is 3.77. The first-order valence-electron chi connectivity index (χ1n) is 7.91. The molecule has 0 atom stereocenters. The van der Waals surface area contributed by atoms with Crippen molar-refractivity contribution >= 4 is 30.7 Å². The van der Waals surface area contributed by atoms with E-state index in [-0.39, 0.29) is 12.2 Å². The van der Waals surface area contributed by atoms with Crippen molar-refractivity contribution in [1.82, 2.24) is 14.6 Å². The molecule has 2 radical (unpaired) electrons. The quantitative estimate of drug-likeness (QED) is 0.509. The van der Waals surface area contributed by atoms with Crippen LogP contribution in [0.1, 0.15) is 19.3 Å². The number of nitrogens with zero attached hydrogens (tertiary/aromatic N) is 3. The van der Waals surface area contributed by atoms with Gasteiger partial charge in [0, 0.05) is 30.8 Å². The molecule has 0 bridgehead atoms. The fraction of sp³-hybridized carbons (Fsp3) is 0.235. The Hall–Kier alpha value is -2.90. The summed E-state index contributed by atoms with van der Waals surface area (Å²) in [5.74, 6) is -0.562. The number of benzene rings is 1. The van der Waals surface area contributed by atoms with E-state index in [9.17, 15) is 9.18 Å². The van der Waals surface area contributed by atoms with E-state index in [1.165, 1.54) is 12.3 Å². The van der Waals surface area contributed by atoms with E-state index in [4.69, 9.17) is 13.0 Å². The van der Waals surface area contributed by atoms with Crippen molar-refractivity contribution in [3.63, 3.8) is 0 Å². The molecular formula is C17H16BFN4O2. The van der Waals surface area contributed by atoms with Crippen molar-refractivity contribution in [2.45, 2.75) is 19.3 Å². The van der Waals surface area contributed by atoms with Crippen LogP contribution in [0.25, 0.3) is 16.9 Å². The standard InChI is InChI=1S/C17H16BFN4O2/c18-12-10-21-23-15(20-8-4-3-7-16(24)25)9-14(22-17(12)23)11-5-1-2-6-13(11)19/h1-2,5-6,9-10,20H,3-4,7-8H2,(H,24,25). The van der Waals surface area contributed by atoms with Crippen molar-refractivity contribution in [3.05, 3.63) is 42.3 Å². The van der Waals surface area contributed by atoms with Crippen molar-refractivity contribution in [1.29, 1.82) is 0 Å². The maximum Gasteiger partial charge on any atom is 0.303 e. The highest BCUT2D eigenvalue weighted by Crippen LogP contribution is 2.24. The van der Waals surface area contributed by atoms with Gasteiger partial charge < -0.3 is 10.4 Å². The van der Waals surface area contributed by atoms with E-state index in [1.807, 2.05) is 0 Å². The van der Waals surface area contributed by atoms with E-state index in [0.29, 0.717) is 47.6 Å². The summed E-state index contributed by atoms with van der Waals surface area (Å²) in [6.07, 6.45) is 2.87. The summed E-state index contributed by atoms with van der Waals surface area (Å²) < 4.78 is 15.6. The molecule has 0 aliphatic rings. The van der Waals surface area contributed by atoms with E-state index < -0.39 is 5.97 Å². The third kappa shape index (κ3) is 3.79. The maximum absolute atomic E-state index is 14.1. The van der Waals surface area contributed by atoms with Crippen molar-refractivity contribution in [2.75, 3.05) is 11.9 Å². The summed E-state index contributed by atoms with van der Waals surface area (Å²) >= 11 is 0. The minimum atomic E-state index is -0.812. The summed E-state index contributed by atoms with van der Waals surface area (Å²) in [4.78, 5) is 15.0. The van der Waals surface area contributed by atoms with Gasteiger partial charge in [-0.25, -0.2) is 9.37 Å². The molecule has 2 aromatic heterocycles. The zero-order chi connectivity index (χ0) is 17.8. The van der Waals surface area contributed by atoms with Crippen LogP contribution >= 0.6 is 0 Å². The summed E-state index contributed by atoms with van der Waals surface area (Å²) in [6, 6.07) is 8.08. The minimum Gasteiger partial charge on any atom is -0.481 e. The Balaban J connectivity index is 1.89. The number of carboxylic acid groups (broad SMARTS) is 1. The van der Waals surface area contributed by atoms with Crippen LogP contribution in [0.2, 0.25) is 0 Å². The number of unbranched alkanes of at least 4 members (excludes halogenated alkanes) is 1. The van der Waals surface area contributed by atoms with Crippen LogP contribution in [0.15, 0.2) is 36.5 Å². The van der Waals surface area contributed by atoms with Gasteiger partial charge in [0.05, 0.1) is 5.69 Å². The van der Waals surface area contributed by atoms with Gasteiger partial charge in [0.15, 0.2) is 5.65 Å². The average Bonchev–Trinajstić information content (AvgIpc) is 2.96. The Labute approximate surface area is 145 Å². The Kier molecular flexibility index (Phi) is 4.97. The number of fused-ring (bicyclic) bond motifs is 1. The molecule has 126 valence electrons. The summed E-state index contributed by atoms with van der Waals surface area (Å²) in [5, 5.41) is 16.0. The highest BCUT2D eigenvalue weighted by Gasteiger charge is 2.12. The monoisotopic (exact) mass is 338 g/mol. The number of nitrogens with one attached hydrogen (secondary N) is 1. The average molecular weight is 338 g/mol. The van der Waals surface area contributed by atoms with Gasteiger partial charge >= 0.3 is 5.97 Å². The summed E-state index contributed by atoms with van der Waals surface area (Å²) in [6.45, 7) is 0.558. The molecule has 0 unspecified atom stereocenters. The van der Waals surface area contributed by atoms with Crippen molar-refractivity contribution in [3.8, 4) is 11.3 Å². The largest absolute Gasteiger partial charge is 0.481 e. The SMILES string of the molecule is [B]c1cnn2c(NCCCCC(=O)O)cc(-c3ccccc3F)nc12. The first-order valence-corrected chi connectivity index (χ1v) is 7.91. The maximum atomic E-state index is 14.1. The van der Waals surface area contributed by atoms with E-state index in [0.717, 1.165) is 0 Å². The number of hydrogen-bond donors (Lipinski definition) is 2. The zero-order valence-corrected chi connectivity index (χ0v) is 13.4. The molecule has 0 aliphatic carbocycles. The molecule has 6 nitrogen and oxygen atoms in total. The normalized spacial score (nSPS) is 10.9. The van der Waals surface area contributed by atoms with Gasteiger partial charge in [-0.05, 0) is 30.4 Å². The lowest BCUT2D eigenvalue weighted by atomic mass is 10.0. The number of anilines is 1. The summed E-state index contributed by atoms with van der Waals surface area (Å²) in [7, 11) is 5.91. The van der Waals surface area contributed by atoms with Crippen LogP contribution in [-0.4, -0.2) is 40.1 Å². The number of halogens is 1.